The van der Waals surface area contributed by atoms with Crippen molar-refractivity contribution in [2.75, 3.05) is 20.8 Å². The SMILES string of the molecule is C=C(CCCO[Si](C)(C)C)[C@]1(O)CC[C@H]2[C@@H]3[C@H](C)CC4=C(CCC(OC)(OC)C4)[C@H]3CC[C@@]21C. The van der Waals surface area contributed by atoms with Crippen LogP contribution in [0.5, 0.6) is 0 Å². The first kappa shape index (κ1) is 26.6. The summed E-state index contributed by atoms with van der Waals surface area (Å²) < 4.78 is 17.7. The molecule has 2 fully saturated rings. The maximum Gasteiger partial charge on any atom is 0.183 e. The molecule has 0 bridgehead atoms. The van der Waals surface area contributed by atoms with Crippen LogP contribution in [0.1, 0.15) is 78.1 Å². The summed E-state index contributed by atoms with van der Waals surface area (Å²) in [5.74, 6) is 2.13. The summed E-state index contributed by atoms with van der Waals surface area (Å²) in [6, 6.07) is 0. The summed E-state index contributed by atoms with van der Waals surface area (Å²) in [5.41, 5.74) is 3.58. The van der Waals surface area contributed by atoms with Gasteiger partial charge in [-0.1, -0.05) is 31.6 Å². The van der Waals surface area contributed by atoms with Crippen molar-refractivity contribution in [1.29, 1.82) is 0 Å². The summed E-state index contributed by atoms with van der Waals surface area (Å²) >= 11 is 0. The van der Waals surface area contributed by atoms with Crippen molar-refractivity contribution in [3.63, 3.8) is 0 Å². The third-order valence-electron chi connectivity index (χ3n) is 10.4. The van der Waals surface area contributed by atoms with Gasteiger partial charge in [0.2, 0.25) is 0 Å². The van der Waals surface area contributed by atoms with Gasteiger partial charge in [-0.05, 0) is 100 Å². The van der Waals surface area contributed by atoms with Crippen molar-refractivity contribution < 1.29 is 19.0 Å². The lowest BCUT2D eigenvalue weighted by molar-refractivity contribution is -0.214. The van der Waals surface area contributed by atoms with Gasteiger partial charge in [0.25, 0.3) is 0 Å². The van der Waals surface area contributed by atoms with Crippen LogP contribution in [0.25, 0.3) is 0 Å². The highest BCUT2D eigenvalue weighted by molar-refractivity contribution is 6.69. The van der Waals surface area contributed by atoms with Crippen LogP contribution in [0.2, 0.25) is 19.6 Å². The van der Waals surface area contributed by atoms with E-state index in [9.17, 15) is 5.11 Å². The third kappa shape index (κ3) is 4.42. The van der Waals surface area contributed by atoms with Gasteiger partial charge in [-0.15, -0.1) is 0 Å². The standard InChI is InChI=1S/C29H50O4Si/c1-20-18-22-19-28(31-4,32-5)15-12-23(22)24-11-14-27(3)25(26(20)24)13-16-29(27,30)21(2)10-9-17-33-34(6,7)8/h20,24-26,30H,2,9-19H2,1,3-8H3/t20-,24-,25+,26-,27+,29-/m1/s1. The molecule has 6 atom stereocenters. The molecule has 0 spiro atoms. The summed E-state index contributed by atoms with van der Waals surface area (Å²) in [7, 11) is 2.09. The molecule has 0 aromatic heterocycles. The van der Waals surface area contributed by atoms with E-state index >= 15 is 0 Å². The Morgan fingerprint density at radius 1 is 1.12 bits per heavy atom. The molecule has 194 valence electrons. The van der Waals surface area contributed by atoms with Gasteiger partial charge in [0.15, 0.2) is 14.1 Å². The van der Waals surface area contributed by atoms with Gasteiger partial charge in [0.05, 0.1) is 5.60 Å². The zero-order valence-corrected chi connectivity index (χ0v) is 24.0. The van der Waals surface area contributed by atoms with E-state index in [1.54, 1.807) is 25.4 Å². The van der Waals surface area contributed by atoms with Gasteiger partial charge in [-0.2, -0.15) is 0 Å². The van der Waals surface area contributed by atoms with Gasteiger partial charge in [0, 0.05) is 39.1 Å². The fraction of sp³-hybridized carbons (Fsp3) is 0.862. The van der Waals surface area contributed by atoms with E-state index in [-0.39, 0.29) is 5.41 Å². The maximum atomic E-state index is 12.1. The minimum absolute atomic E-state index is 0.0608. The van der Waals surface area contributed by atoms with Crippen LogP contribution in [0.4, 0.5) is 0 Å². The predicted molar refractivity (Wildman–Crippen MR) is 141 cm³/mol. The van der Waals surface area contributed by atoms with Gasteiger partial charge in [-0.25, -0.2) is 0 Å². The Morgan fingerprint density at radius 2 is 1.82 bits per heavy atom. The number of methoxy groups -OCH3 is 2. The van der Waals surface area contributed by atoms with Crippen molar-refractivity contribution >= 4 is 8.32 Å². The van der Waals surface area contributed by atoms with E-state index in [2.05, 4.69) is 40.1 Å². The highest BCUT2D eigenvalue weighted by atomic mass is 28.4. The van der Waals surface area contributed by atoms with Crippen LogP contribution in [0.3, 0.4) is 0 Å². The fourth-order valence-electron chi connectivity index (χ4n) is 8.50. The van der Waals surface area contributed by atoms with E-state index in [1.807, 2.05) is 0 Å². The van der Waals surface area contributed by atoms with Crippen molar-refractivity contribution in [2.45, 2.75) is 109 Å². The van der Waals surface area contributed by atoms with Crippen LogP contribution in [-0.2, 0) is 13.9 Å². The lowest BCUT2D eigenvalue weighted by Crippen LogP contribution is -2.54. The largest absolute Gasteiger partial charge is 0.418 e. The number of fused-ring (bicyclic) bond motifs is 4. The summed E-state index contributed by atoms with van der Waals surface area (Å²) in [5, 5.41) is 12.1. The molecule has 4 rings (SSSR count). The molecule has 1 N–H and O–H groups in total. The Labute approximate surface area is 209 Å². The Hall–Kier alpha value is -0.463. The van der Waals surface area contributed by atoms with Crippen molar-refractivity contribution in [1.82, 2.24) is 0 Å². The van der Waals surface area contributed by atoms with E-state index in [1.165, 1.54) is 6.42 Å². The molecule has 0 aliphatic heterocycles. The van der Waals surface area contributed by atoms with E-state index in [4.69, 9.17) is 13.9 Å². The molecule has 5 heteroatoms. The van der Waals surface area contributed by atoms with Crippen molar-refractivity contribution in [3.05, 3.63) is 23.3 Å². The zero-order chi connectivity index (χ0) is 24.9. The van der Waals surface area contributed by atoms with E-state index in [0.717, 1.165) is 70.0 Å². The van der Waals surface area contributed by atoms with Gasteiger partial charge < -0.3 is 19.0 Å². The summed E-state index contributed by atoms with van der Waals surface area (Å²) in [6.07, 6.45) is 10.3. The molecule has 4 aliphatic carbocycles. The Morgan fingerprint density at radius 3 is 2.47 bits per heavy atom. The van der Waals surface area contributed by atoms with Gasteiger partial charge in [-0.3, -0.25) is 0 Å². The summed E-state index contributed by atoms with van der Waals surface area (Å²) in [4.78, 5) is 0. The first-order chi connectivity index (χ1) is 15.9. The van der Waals surface area contributed by atoms with E-state index in [0.29, 0.717) is 23.7 Å². The number of hydrogen-bond acceptors (Lipinski definition) is 4. The second-order valence-electron chi connectivity index (χ2n) is 13.1. The predicted octanol–water partition coefficient (Wildman–Crippen LogP) is 6.86. The second kappa shape index (κ2) is 9.44. The smallest absolute Gasteiger partial charge is 0.183 e. The molecule has 2 saturated carbocycles. The fourth-order valence-corrected chi connectivity index (χ4v) is 9.26. The maximum absolute atomic E-state index is 12.1. The topological polar surface area (TPSA) is 47.9 Å². The lowest BCUT2D eigenvalue weighted by Gasteiger charge is -2.57. The molecule has 34 heavy (non-hydrogen) atoms. The number of hydrogen-bond donors (Lipinski definition) is 1. The van der Waals surface area contributed by atoms with Crippen LogP contribution in [-0.4, -0.2) is 45.6 Å². The Bertz CT molecular complexity index is 809. The van der Waals surface area contributed by atoms with Crippen LogP contribution < -0.4 is 0 Å². The number of allylic oxidation sites excluding steroid dienone is 1. The third-order valence-corrected chi connectivity index (χ3v) is 11.4. The van der Waals surface area contributed by atoms with Crippen LogP contribution in [0.15, 0.2) is 23.3 Å². The van der Waals surface area contributed by atoms with Crippen molar-refractivity contribution in [3.8, 4) is 0 Å². The summed E-state index contributed by atoms with van der Waals surface area (Å²) in [6.45, 7) is 16.8. The van der Waals surface area contributed by atoms with Crippen LogP contribution in [0, 0.1) is 29.1 Å². The molecule has 0 radical (unpaired) electrons. The Kier molecular flexibility index (Phi) is 7.39. The van der Waals surface area contributed by atoms with E-state index < -0.39 is 19.7 Å². The molecule has 0 saturated heterocycles. The highest BCUT2D eigenvalue weighted by Crippen LogP contribution is 2.67. The molecular weight excluding hydrogens is 440 g/mol. The normalized spacial score (nSPS) is 39.4. The first-order valence-corrected chi connectivity index (χ1v) is 17.2. The minimum atomic E-state index is -1.49. The molecule has 4 aliphatic rings. The first-order valence-electron chi connectivity index (χ1n) is 13.8. The average molecular weight is 491 g/mol. The minimum Gasteiger partial charge on any atom is -0.418 e. The highest BCUT2D eigenvalue weighted by Gasteiger charge is 2.63. The zero-order valence-electron chi connectivity index (χ0n) is 23.0. The molecule has 4 nitrogen and oxygen atoms in total. The molecule has 0 aromatic carbocycles. The number of ether oxygens (including phenoxy) is 2. The quantitative estimate of drug-likeness (QED) is 0.175. The van der Waals surface area contributed by atoms with Gasteiger partial charge in [0.1, 0.15) is 0 Å². The monoisotopic (exact) mass is 490 g/mol. The molecular formula is C29H50O4Si. The number of aliphatic hydroxyl groups is 1. The molecule has 0 amide bonds. The second-order valence-corrected chi connectivity index (χ2v) is 17.6. The average Bonchev–Trinajstić information content (AvgIpc) is 3.07. The van der Waals surface area contributed by atoms with Crippen LogP contribution >= 0.6 is 0 Å². The number of rotatable bonds is 8. The molecule has 0 unspecified atom stereocenters. The van der Waals surface area contributed by atoms with Gasteiger partial charge >= 0.3 is 0 Å². The molecule has 0 heterocycles. The molecule has 0 aromatic rings. The van der Waals surface area contributed by atoms with Crippen molar-refractivity contribution in [2.24, 2.45) is 29.1 Å². The lowest BCUT2D eigenvalue weighted by atomic mass is 9.49. The Balaban J connectivity index is 1.50.